The Labute approximate surface area is 176 Å². The van der Waals surface area contributed by atoms with Gasteiger partial charge in [-0.3, -0.25) is 4.79 Å². The maximum Gasteiger partial charge on any atom is 0.229 e. The molecule has 0 aliphatic heterocycles. The van der Waals surface area contributed by atoms with Crippen molar-refractivity contribution in [2.75, 3.05) is 5.32 Å². The molecule has 0 fully saturated rings. The van der Waals surface area contributed by atoms with E-state index in [1.54, 1.807) is 0 Å². The van der Waals surface area contributed by atoms with Crippen LogP contribution in [-0.2, 0) is 11.2 Å². The maximum absolute atomic E-state index is 12.6. The average molecular weight is 436 g/mol. The number of anilines is 1. The van der Waals surface area contributed by atoms with Crippen molar-refractivity contribution in [3.8, 4) is 0 Å². The molecule has 144 valence electrons. The molecule has 0 spiro atoms. The highest BCUT2D eigenvalue weighted by molar-refractivity contribution is 9.10. The zero-order chi connectivity index (χ0) is 20.1. The van der Waals surface area contributed by atoms with Crippen molar-refractivity contribution < 1.29 is 4.79 Å². The molecule has 2 nitrogen and oxygen atoms in total. The number of carbonyl (C=O) groups is 1. The first-order chi connectivity index (χ1) is 13.3. The van der Waals surface area contributed by atoms with E-state index in [1.807, 2.05) is 45.0 Å². The van der Waals surface area contributed by atoms with Gasteiger partial charge in [-0.1, -0.05) is 97.4 Å². The van der Waals surface area contributed by atoms with E-state index >= 15 is 0 Å². The van der Waals surface area contributed by atoms with Crippen LogP contribution in [0.3, 0.4) is 0 Å². The SMILES string of the molecule is CC(C)(C)C(=O)Nc1ccccc1[C@H](Cc1ccc(Br)cc1)c1ccccc1. The number of hydrogen-bond acceptors (Lipinski definition) is 1. The summed E-state index contributed by atoms with van der Waals surface area (Å²) in [4.78, 5) is 12.6. The van der Waals surface area contributed by atoms with Gasteiger partial charge >= 0.3 is 0 Å². The Kier molecular flexibility index (Phi) is 6.35. The third-order valence-electron chi connectivity index (χ3n) is 4.82. The molecule has 0 aliphatic carbocycles. The smallest absolute Gasteiger partial charge is 0.229 e. The molecular formula is C25H26BrNO. The van der Waals surface area contributed by atoms with E-state index in [0.717, 1.165) is 22.1 Å². The molecule has 28 heavy (non-hydrogen) atoms. The van der Waals surface area contributed by atoms with Crippen LogP contribution in [0.5, 0.6) is 0 Å². The van der Waals surface area contributed by atoms with Crippen LogP contribution >= 0.6 is 15.9 Å². The number of carbonyl (C=O) groups excluding carboxylic acids is 1. The van der Waals surface area contributed by atoms with Gasteiger partial charge < -0.3 is 5.32 Å². The summed E-state index contributed by atoms with van der Waals surface area (Å²) in [5.41, 5.74) is 4.07. The normalized spacial score (nSPS) is 12.4. The van der Waals surface area contributed by atoms with Gasteiger partial charge in [0.1, 0.15) is 0 Å². The summed E-state index contributed by atoms with van der Waals surface area (Å²) in [6, 6.07) is 27.1. The molecule has 1 N–H and O–H groups in total. The lowest BCUT2D eigenvalue weighted by Crippen LogP contribution is -2.28. The Morgan fingerprint density at radius 3 is 2.14 bits per heavy atom. The van der Waals surface area contributed by atoms with E-state index in [0.29, 0.717) is 0 Å². The topological polar surface area (TPSA) is 29.1 Å². The predicted molar refractivity (Wildman–Crippen MR) is 121 cm³/mol. The first-order valence-electron chi connectivity index (χ1n) is 9.54. The van der Waals surface area contributed by atoms with Crippen LogP contribution < -0.4 is 5.32 Å². The summed E-state index contributed by atoms with van der Waals surface area (Å²) >= 11 is 3.51. The van der Waals surface area contributed by atoms with Gasteiger partial charge in [0, 0.05) is 21.5 Å². The molecule has 0 heterocycles. The van der Waals surface area contributed by atoms with Gasteiger partial charge in [-0.15, -0.1) is 0 Å². The van der Waals surface area contributed by atoms with Crippen LogP contribution in [0.15, 0.2) is 83.3 Å². The summed E-state index contributed by atoms with van der Waals surface area (Å²) < 4.78 is 1.07. The lowest BCUT2D eigenvalue weighted by atomic mass is 9.84. The van der Waals surface area contributed by atoms with Gasteiger partial charge in [-0.25, -0.2) is 0 Å². The number of para-hydroxylation sites is 1. The first-order valence-corrected chi connectivity index (χ1v) is 10.3. The van der Waals surface area contributed by atoms with E-state index in [1.165, 1.54) is 11.1 Å². The molecule has 0 radical (unpaired) electrons. The van der Waals surface area contributed by atoms with Gasteiger partial charge in [-0.2, -0.15) is 0 Å². The minimum atomic E-state index is -0.443. The number of hydrogen-bond donors (Lipinski definition) is 1. The highest BCUT2D eigenvalue weighted by Crippen LogP contribution is 2.34. The van der Waals surface area contributed by atoms with Crippen LogP contribution in [0, 0.1) is 5.41 Å². The van der Waals surface area contributed by atoms with Crippen molar-refractivity contribution in [2.45, 2.75) is 33.1 Å². The van der Waals surface area contributed by atoms with E-state index in [-0.39, 0.29) is 11.8 Å². The van der Waals surface area contributed by atoms with E-state index < -0.39 is 5.41 Å². The van der Waals surface area contributed by atoms with Gasteiger partial charge in [0.25, 0.3) is 0 Å². The largest absolute Gasteiger partial charge is 0.325 e. The van der Waals surface area contributed by atoms with Crippen LogP contribution in [0.25, 0.3) is 0 Å². The molecule has 0 saturated heterocycles. The Morgan fingerprint density at radius 2 is 1.50 bits per heavy atom. The Morgan fingerprint density at radius 1 is 0.893 bits per heavy atom. The summed E-state index contributed by atoms with van der Waals surface area (Å²) in [5, 5.41) is 3.15. The number of halogens is 1. The van der Waals surface area contributed by atoms with Crippen LogP contribution in [0.1, 0.15) is 43.4 Å². The van der Waals surface area contributed by atoms with E-state index in [2.05, 4.69) is 75.8 Å². The van der Waals surface area contributed by atoms with Gasteiger partial charge in [0.05, 0.1) is 0 Å². The third-order valence-corrected chi connectivity index (χ3v) is 5.35. The summed E-state index contributed by atoms with van der Waals surface area (Å²) in [6.07, 6.45) is 0.861. The Balaban J connectivity index is 2.01. The second-order valence-electron chi connectivity index (χ2n) is 8.09. The van der Waals surface area contributed by atoms with E-state index in [4.69, 9.17) is 0 Å². The van der Waals surface area contributed by atoms with Crippen molar-refractivity contribution in [3.05, 3.63) is 100 Å². The minimum Gasteiger partial charge on any atom is -0.325 e. The molecule has 0 saturated carbocycles. The monoisotopic (exact) mass is 435 g/mol. The quantitative estimate of drug-likeness (QED) is 0.468. The molecule has 0 aromatic heterocycles. The van der Waals surface area contributed by atoms with Crippen molar-refractivity contribution in [1.82, 2.24) is 0 Å². The highest BCUT2D eigenvalue weighted by atomic mass is 79.9. The summed E-state index contributed by atoms with van der Waals surface area (Å²) in [6.45, 7) is 5.80. The van der Waals surface area contributed by atoms with Crippen molar-refractivity contribution >= 4 is 27.5 Å². The summed E-state index contributed by atoms with van der Waals surface area (Å²) in [7, 11) is 0. The number of benzene rings is 3. The van der Waals surface area contributed by atoms with Crippen LogP contribution in [0.4, 0.5) is 5.69 Å². The molecule has 0 aliphatic rings. The molecule has 1 atom stereocenters. The standard InChI is InChI=1S/C25H26BrNO/c1-25(2,3)24(28)27-23-12-8-7-11-21(23)22(19-9-5-4-6-10-19)17-18-13-15-20(26)16-14-18/h4-16,22H,17H2,1-3H3,(H,27,28)/t22-/m1/s1. The predicted octanol–water partition coefficient (Wildman–Crippen LogP) is 6.81. The first kappa shape index (κ1) is 20.3. The number of amides is 1. The van der Waals surface area contributed by atoms with Crippen molar-refractivity contribution in [3.63, 3.8) is 0 Å². The third kappa shape index (κ3) is 5.11. The van der Waals surface area contributed by atoms with Crippen LogP contribution in [0.2, 0.25) is 0 Å². The van der Waals surface area contributed by atoms with Gasteiger partial charge in [-0.05, 0) is 41.3 Å². The highest BCUT2D eigenvalue weighted by Gasteiger charge is 2.24. The zero-order valence-electron chi connectivity index (χ0n) is 16.6. The molecule has 0 unspecified atom stereocenters. The molecule has 3 aromatic rings. The second-order valence-corrected chi connectivity index (χ2v) is 9.00. The van der Waals surface area contributed by atoms with Crippen molar-refractivity contribution in [2.24, 2.45) is 5.41 Å². The molecule has 0 bridgehead atoms. The average Bonchev–Trinajstić information content (AvgIpc) is 2.68. The zero-order valence-corrected chi connectivity index (χ0v) is 18.2. The Hall–Kier alpha value is -2.39. The van der Waals surface area contributed by atoms with Gasteiger partial charge in [0.2, 0.25) is 5.91 Å². The Bertz CT molecular complexity index is 927. The molecule has 1 amide bonds. The lowest BCUT2D eigenvalue weighted by Gasteiger charge is -2.24. The van der Waals surface area contributed by atoms with Gasteiger partial charge in [0.15, 0.2) is 0 Å². The fourth-order valence-electron chi connectivity index (χ4n) is 3.17. The van der Waals surface area contributed by atoms with Crippen LogP contribution in [-0.4, -0.2) is 5.91 Å². The molecular weight excluding hydrogens is 410 g/mol. The number of rotatable bonds is 5. The van der Waals surface area contributed by atoms with Crippen molar-refractivity contribution in [1.29, 1.82) is 0 Å². The fraction of sp³-hybridized carbons (Fsp3) is 0.240. The summed E-state index contributed by atoms with van der Waals surface area (Å²) in [5.74, 6) is 0.175. The molecule has 3 rings (SSSR count). The number of nitrogens with one attached hydrogen (secondary N) is 1. The lowest BCUT2D eigenvalue weighted by molar-refractivity contribution is -0.123. The maximum atomic E-state index is 12.6. The minimum absolute atomic E-state index is 0.0235. The molecule has 3 heteroatoms. The second kappa shape index (κ2) is 8.74. The van der Waals surface area contributed by atoms with E-state index in [9.17, 15) is 4.79 Å². The fourth-order valence-corrected chi connectivity index (χ4v) is 3.44. The molecule has 3 aromatic carbocycles.